The Morgan fingerprint density at radius 1 is 1.04 bits per heavy atom. The molecule has 0 aliphatic heterocycles. The van der Waals surface area contributed by atoms with Gasteiger partial charge in [0.15, 0.2) is 0 Å². The van der Waals surface area contributed by atoms with E-state index in [1.807, 2.05) is 32.0 Å². The van der Waals surface area contributed by atoms with E-state index in [1.54, 1.807) is 6.92 Å². The highest BCUT2D eigenvalue weighted by Gasteiger charge is 2.29. The summed E-state index contributed by atoms with van der Waals surface area (Å²) in [6, 6.07) is 8.57. The lowest BCUT2D eigenvalue weighted by atomic mass is 10.1. The van der Waals surface area contributed by atoms with Crippen molar-refractivity contribution in [1.82, 2.24) is 0 Å². The number of aryl methyl sites for hydroxylation is 2. The lowest BCUT2D eigenvalue weighted by Gasteiger charge is -2.27. The predicted molar refractivity (Wildman–Crippen MR) is 99.1 cm³/mol. The summed E-state index contributed by atoms with van der Waals surface area (Å²) in [6.07, 6.45) is 0. The van der Waals surface area contributed by atoms with Gasteiger partial charge in [-0.25, -0.2) is 8.42 Å². The van der Waals surface area contributed by atoms with Crippen molar-refractivity contribution in [3.63, 3.8) is 0 Å². The summed E-state index contributed by atoms with van der Waals surface area (Å²) in [7, 11) is -2.42. The average molecular weight is 388 g/mol. The van der Waals surface area contributed by atoms with E-state index in [9.17, 15) is 8.42 Å². The highest BCUT2D eigenvalue weighted by molar-refractivity contribution is 7.93. The molecule has 24 heavy (non-hydrogen) atoms. The van der Waals surface area contributed by atoms with Crippen LogP contribution < -0.4 is 9.04 Å². The Bertz CT molecular complexity index is 846. The van der Waals surface area contributed by atoms with E-state index >= 15 is 0 Å². The van der Waals surface area contributed by atoms with Gasteiger partial charge in [0.25, 0.3) is 10.0 Å². The summed E-state index contributed by atoms with van der Waals surface area (Å²) < 4.78 is 32.8. The van der Waals surface area contributed by atoms with E-state index < -0.39 is 10.0 Å². The molecule has 0 bridgehead atoms. The molecule has 0 heterocycles. The van der Waals surface area contributed by atoms with Crippen LogP contribution in [0.4, 0.5) is 5.69 Å². The molecular formula is C17H19Cl2NO3S. The number of hydrogen-bond acceptors (Lipinski definition) is 3. The number of anilines is 1. The summed E-state index contributed by atoms with van der Waals surface area (Å²) in [4.78, 5) is -0.0422. The number of methoxy groups -OCH3 is 1. The van der Waals surface area contributed by atoms with Crippen molar-refractivity contribution in [2.45, 2.75) is 25.7 Å². The molecule has 2 aromatic carbocycles. The number of halogens is 2. The maximum Gasteiger partial charge on any atom is 0.265 e. The summed E-state index contributed by atoms with van der Waals surface area (Å²) in [5, 5.41) is 0.0403. The van der Waals surface area contributed by atoms with Crippen LogP contribution in [0.1, 0.15) is 18.1 Å². The van der Waals surface area contributed by atoms with Crippen molar-refractivity contribution in [3.8, 4) is 5.75 Å². The summed E-state index contributed by atoms with van der Waals surface area (Å²) in [6.45, 7) is 5.81. The topological polar surface area (TPSA) is 46.6 Å². The molecule has 0 fully saturated rings. The zero-order valence-electron chi connectivity index (χ0n) is 13.9. The number of benzene rings is 2. The number of para-hydroxylation sites is 1. The van der Waals surface area contributed by atoms with Gasteiger partial charge in [-0.3, -0.25) is 4.31 Å². The van der Waals surface area contributed by atoms with Crippen molar-refractivity contribution in [3.05, 3.63) is 51.5 Å². The van der Waals surface area contributed by atoms with Crippen LogP contribution >= 0.6 is 23.2 Å². The van der Waals surface area contributed by atoms with Crippen LogP contribution in [0.25, 0.3) is 0 Å². The Kier molecular flexibility index (Phi) is 5.68. The lowest BCUT2D eigenvalue weighted by Crippen LogP contribution is -2.32. The smallest absolute Gasteiger partial charge is 0.265 e. The van der Waals surface area contributed by atoms with Gasteiger partial charge in [0.2, 0.25) is 0 Å². The zero-order valence-corrected chi connectivity index (χ0v) is 16.3. The first-order valence-electron chi connectivity index (χ1n) is 7.36. The van der Waals surface area contributed by atoms with E-state index in [0.717, 1.165) is 11.1 Å². The normalized spacial score (nSPS) is 11.4. The monoisotopic (exact) mass is 387 g/mol. The third-order valence-corrected chi connectivity index (χ3v) is 6.67. The van der Waals surface area contributed by atoms with Gasteiger partial charge < -0.3 is 4.74 Å². The fraction of sp³-hybridized carbons (Fsp3) is 0.294. The first kappa shape index (κ1) is 18.9. The van der Waals surface area contributed by atoms with E-state index in [2.05, 4.69) is 0 Å². The van der Waals surface area contributed by atoms with Crippen LogP contribution in [0.5, 0.6) is 5.75 Å². The molecule has 130 valence electrons. The second-order valence-corrected chi connectivity index (χ2v) is 7.89. The van der Waals surface area contributed by atoms with E-state index in [-0.39, 0.29) is 21.5 Å². The maximum atomic E-state index is 13.2. The van der Waals surface area contributed by atoms with Crippen LogP contribution in [0.3, 0.4) is 0 Å². The van der Waals surface area contributed by atoms with E-state index in [1.165, 1.54) is 23.5 Å². The second kappa shape index (κ2) is 7.21. The zero-order chi connectivity index (χ0) is 18.1. The van der Waals surface area contributed by atoms with Crippen molar-refractivity contribution >= 4 is 38.9 Å². The van der Waals surface area contributed by atoms with Crippen LogP contribution in [0.15, 0.2) is 35.2 Å². The van der Waals surface area contributed by atoms with Gasteiger partial charge in [0.1, 0.15) is 15.7 Å². The van der Waals surface area contributed by atoms with Crippen molar-refractivity contribution in [2.75, 3.05) is 18.0 Å². The van der Waals surface area contributed by atoms with Gasteiger partial charge in [-0.15, -0.1) is 0 Å². The number of sulfonamides is 1. The fourth-order valence-electron chi connectivity index (χ4n) is 2.64. The van der Waals surface area contributed by atoms with Crippen molar-refractivity contribution in [1.29, 1.82) is 0 Å². The number of ether oxygens (including phenoxy) is 1. The molecule has 0 aliphatic carbocycles. The molecule has 0 saturated carbocycles. The summed E-state index contributed by atoms with van der Waals surface area (Å²) in [5.41, 5.74) is 2.40. The number of rotatable bonds is 5. The minimum absolute atomic E-state index is 0.0410. The Labute approximate surface area is 153 Å². The quantitative estimate of drug-likeness (QED) is 0.737. The van der Waals surface area contributed by atoms with Crippen molar-refractivity contribution in [2.24, 2.45) is 0 Å². The second-order valence-electron chi connectivity index (χ2n) is 5.30. The van der Waals surface area contributed by atoms with Gasteiger partial charge in [-0.2, -0.15) is 0 Å². The molecule has 0 aliphatic rings. The first-order valence-corrected chi connectivity index (χ1v) is 9.56. The highest BCUT2D eigenvalue weighted by Crippen LogP contribution is 2.39. The third kappa shape index (κ3) is 3.21. The summed E-state index contributed by atoms with van der Waals surface area (Å²) in [5.74, 6) is 0.329. The molecular weight excluding hydrogens is 369 g/mol. The van der Waals surface area contributed by atoms with Gasteiger partial charge >= 0.3 is 0 Å². The molecule has 2 aromatic rings. The molecule has 7 heteroatoms. The van der Waals surface area contributed by atoms with Gasteiger partial charge in [-0.1, -0.05) is 41.4 Å². The Morgan fingerprint density at radius 3 is 2.12 bits per heavy atom. The van der Waals surface area contributed by atoms with Gasteiger partial charge in [-0.05, 0) is 44.0 Å². The molecule has 0 atom stereocenters. The highest BCUT2D eigenvalue weighted by atomic mass is 35.5. The lowest BCUT2D eigenvalue weighted by molar-refractivity contribution is 0.414. The van der Waals surface area contributed by atoms with Crippen LogP contribution in [-0.4, -0.2) is 22.1 Å². The molecule has 0 N–H and O–H groups in total. The fourth-order valence-corrected chi connectivity index (χ4v) is 5.06. The maximum absolute atomic E-state index is 13.2. The van der Waals surface area contributed by atoms with Gasteiger partial charge in [0.05, 0.1) is 17.8 Å². The molecule has 4 nitrogen and oxygen atoms in total. The largest absolute Gasteiger partial charge is 0.495 e. The Hall–Kier alpha value is -1.43. The van der Waals surface area contributed by atoms with E-state index in [0.29, 0.717) is 11.4 Å². The molecule has 0 unspecified atom stereocenters. The minimum atomic E-state index is -3.87. The minimum Gasteiger partial charge on any atom is -0.495 e. The summed E-state index contributed by atoms with van der Waals surface area (Å²) >= 11 is 12.3. The molecule has 0 radical (unpaired) electrons. The Morgan fingerprint density at radius 2 is 1.62 bits per heavy atom. The molecule has 0 spiro atoms. The van der Waals surface area contributed by atoms with Crippen LogP contribution in [0.2, 0.25) is 10.0 Å². The van der Waals surface area contributed by atoms with Crippen LogP contribution in [-0.2, 0) is 10.0 Å². The molecule has 0 saturated heterocycles. The SMILES string of the molecule is CCN(c1c(C)cccc1C)S(=O)(=O)c1ccc(OC)c(Cl)c1Cl. The third-order valence-electron chi connectivity index (χ3n) is 3.78. The average Bonchev–Trinajstić information content (AvgIpc) is 2.53. The van der Waals surface area contributed by atoms with E-state index in [4.69, 9.17) is 27.9 Å². The first-order chi connectivity index (χ1) is 11.3. The standard InChI is InChI=1S/C17H19Cl2NO3S/c1-5-20(17-11(2)7-6-8-12(17)3)24(21,22)14-10-9-13(23-4)15(18)16(14)19/h6-10H,5H2,1-4H3. The number of nitrogens with zero attached hydrogens (tertiary/aromatic N) is 1. The molecule has 2 rings (SSSR count). The van der Waals surface area contributed by atoms with Crippen LogP contribution in [0, 0.1) is 13.8 Å². The number of hydrogen-bond donors (Lipinski definition) is 0. The molecule has 0 amide bonds. The van der Waals surface area contributed by atoms with Crippen molar-refractivity contribution < 1.29 is 13.2 Å². The predicted octanol–water partition coefficient (Wildman–Crippen LogP) is 4.83. The van der Waals surface area contributed by atoms with Gasteiger partial charge in [0, 0.05) is 6.54 Å². The Balaban J connectivity index is 2.67. The molecule has 0 aromatic heterocycles.